The lowest BCUT2D eigenvalue weighted by molar-refractivity contribution is -0.212. The number of nitrogens with two attached hydrogens (primary N) is 1. The third-order valence-corrected chi connectivity index (χ3v) is 4.86. The molecular formula is C19H22N4O3. The minimum absolute atomic E-state index is 0.139. The van der Waals surface area contributed by atoms with Crippen molar-refractivity contribution in [1.82, 2.24) is 14.6 Å². The highest BCUT2D eigenvalue weighted by molar-refractivity contribution is 5.65. The zero-order valence-electron chi connectivity index (χ0n) is 14.6. The maximum atomic E-state index is 11.1. The molecule has 1 aliphatic rings. The molecule has 3 heterocycles. The fourth-order valence-corrected chi connectivity index (χ4v) is 3.46. The van der Waals surface area contributed by atoms with Gasteiger partial charge < -0.3 is 20.3 Å². The van der Waals surface area contributed by atoms with Gasteiger partial charge in [-0.05, 0) is 23.6 Å². The summed E-state index contributed by atoms with van der Waals surface area (Å²) in [5.74, 6) is -0.919. The Kier molecular flexibility index (Phi) is 4.36. The molecule has 4 rings (SSSR count). The van der Waals surface area contributed by atoms with E-state index in [1.807, 2.05) is 37.3 Å². The Labute approximate surface area is 151 Å². The fraction of sp³-hybridized carbons (Fsp3) is 0.368. The van der Waals surface area contributed by atoms with Crippen LogP contribution in [0, 0.1) is 5.92 Å². The predicted molar refractivity (Wildman–Crippen MR) is 96.0 cm³/mol. The van der Waals surface area contributed by atoms with Crippen molar-refractivity contribution in [1.29, 1.82) is 0 Å². The second-order valence-electron chi connectivity index (χ2n) is 6.78. The van der Waals surface area contributed by atoms with E-state index in [9.17, 15) is 5.11 Å². The molecule has 136 valence electrons. The van der Waals surface area contributed by atoms with Gasteiger partial charge in [0.2, 0.25) is 5.79 Å². The summed E-state index contributed by atoms with van der Waals surface area (Å²) in [4.78, 5) is 3.97. The van der Waals surface area contributed by atoms with E-state index in [0.717, 1.165) is 5.56 Å². The SMILES string of the molecule is C[C@H]1CC(O)(c2ccc3c(N)ncnn23)O[C@@H]1COCc1ccccc1. The molecule has 0 bridgehead atoms. The zero-order chi connectivity index (χ0) is 18.1. The minimum Gasteiger partial charge on any atom is -0.382 e. The van der Waals surface area contributed by atoms with Crippen LogP contribution in [0.15, 0.2) is 48.8 Å². The van der Waals surface area contributed by atoms with Crippen LogP contribution in [0.2, 0.25) is 0 Å². The molecule has 3 aromatic rings. The highest BCUT2D eigenvalue weighted by Gasteiger charge is 2.46. The predicted octanol–water partition coefficient (Wildman–Crippen LogP) is 2.10. The van der Waals surface area contributed by atoms with Crippen LogP contribution in [0.1, 0.15) is 24.6 Å². The average Bonchev–Trinajstić information content (AvgIpc) is 3.19. The molecule has 0 radical (unpaired) electrons. The Bertz CT molecular complexity index is 898. The number of hydrogen-bond acceptors (Lipinski definition) is 6. The largest absolute Gasteiger partial charge is 0.382 e. The molecule has 1 aromatic carbocycles. The maximum Gasteiger partial charge on any atom is 0.210 e. The summed E-state index contributed by atoms with van der Waals surface area (Å²) in [7, 11) is 0. The summed E-state index contributed by atoms with van der Waals surface area (Å²) in [6, 6.07) is 13.5. The van der Waals surface area contributed by atoms with Crippen molar-refractivity contribution in [2.24, 2.45) is 5.92 Å². The first-order valence-electron chi connectivity index (χ1n) is 8.67. The van der Waals surface area contributed by atoms with E-state index in [4.69, 9.17) is 15.2 Å². The smallest absolute Gasteiger partial charge is 0.210 e. The van der Waals surface area contributed by atoms with Gasteiger partial charge >= 0.3 is 0 Å². The molecule has 7 nitrogen and oxygen atoms in total. The van der Waals surface area contributed by atoms with E-state index in [1.54, 1.807) is 16.6 Å². The van der Waals surface area contributed by atoms with Gasteiger partial charge in [0, 0.05) is 6.42 Å². The summed E-state index contributed by atoms with van der Waals surface area (Å²) < 4.78 is 13.4. The van der Waals surface area contributed by atoms with E-state index in [0.29, 0.717) is 36.7 Å². The van der Waals surface area contributed by atoms with Crippen LogP contribution in [-0.4, -0.2) is 32.4 Å². The van der Waals surface area contributed by atoms with Gasteiger partial charge in [-0.3, -0.25) is 0 Å². The lowest BCUT2D eigenvalue weighted by Gasteiger charge is -2.23. The van der Waals surface area contributed by atoms with Gasteiger partial charge in [-0.2, -0.15) is 5.10 Å². The number of nitrogen functional groups attached to an aromatic ring is 1. The van der Waals surface area contributed by atoms with Crippen molar-refractivity contribution in [2.75, 3.05) is 12.3 Å². The van der Waals surface area contributed by atoms with Crippen LogP contribution in [0.4, 0.5) is 5.82 Å². The summed E-state index contributed by atoms with van der Waals surface area (Å²) in [5.41, 5.74) is 8.19. The summed E-state index contributed by atoms with van der Waals surface area (Å²) in [6.07, 6.45) is 1.63. The highest BCUT2D eigenvalue weighted by atomic mass is 16.6. The van der Waals surface area contributed by atoms with Gasteiger partial charge in [-0.1, -0.05) is 37.3 Å². The number of hydrogen-bond donors (Lipinski definition) is 2. The molecule has 3 N–H and O–H groups in total. The number of fused-ring (bicyclic) bond motifs is 1. The fourth-order valence-electron chi connectivity index (χ4n) is 3.46. The van der Waals surface area contributed by atoms with Gasteiger partial charge in [0.15, 0.2) is 5.82 Å². The van der Waals surface area contributed by atoms with Crippen LogP contribution in [-0.2, 0) is 21.9 Å². The van der Waals surface area contributed by atoms with E-state index >= 15 is 0 Å². The van der Waals surface area contributed by atoms with Crippen molar-refractivity contribution in [3.05, 3.63) is 60.0 Å². The Morgan fingerprint density at radius 3 is 2.92 bits per heavy atom. The minimum atomic E-state index is -1.42. The molecule has 0 aliphatic carbocycles. The van der Waals surface area contributed by atoms with E-state index in [-0.39, 0.29) is 12.0 Å². The molecule has 1 fully saturated rings. The molecule has 3 atom stereocenters. The van der Waals surface area contributed by atoms with E-state index in [2.05, 4.69) is 10.1 Å². The van der Waals surface area contributed by atoms with Crippen molar-refractivity contribution in [2.45, 2.75) is 31.8 Å². The summed E-state index contributed by atoms with van der Waals surface area (Å²) in [5, 5.41) is 15.3. The lowest BCUT2D eigenvalue weighted by Crippen LogP contribution is -2.29. The van der Waals surface area contributed by atoms with Crippen LogP contribution >= 0.6 is 0 Å². The number of rotatable bonds is 5. The van der Waals surface area contributed by atoms with Gasteiger partial charge in [-0.25, -0.2) is 9.50 Å². The molecule has 0 spiro atoms. The first kappa shape index (κ1) is 17.0. The number of anilines is 1. The molecule has 1 unspecified atom stereocenters. The van der Waals surface area contributed by atoms with Crippen LogP contribution in [0.25, 0.3) is 5.52 Å². The second kappa shape index (κ2) is 6.68. The molecule has 1 saturated heterocycles. The van der Waals surface area contributed by atoms with Crippen molar-refractivity contribution in [3.8, 4) is 0 Å². The van der Waals surface area contributed by atoms with Gasteiger partial charge in [0.1, 0.15) is 17.5 Å². The third kappa shape index (κ3) is 3.05. The first-order chi connectivity index (χ1) is 12.6. The Balaban J connectivity index is 1.47. The molecular weight excluding hydrogens is 332 g/mol. The number of aliphatic hydroxyl groups is 1. The first-order valence-corrected chi connectivity index (χ1v) is 8.67. The lowest BCUT2D eigenvalue weighted by atomic mass is 9.99. The van der Waals surface area contributed by atoms with Crippen molar-refractivity contribution < 1.29 is 14.6 Å². The monoisotopic (exact) mass is 354 g/mol. The van der Waals surface area contributed by atoms with Crippen LogP contribution in [0.5, 0.6) is 0 Å². The van der Waals surface area contributed by atoms with Crippen LogP contribution in [0.3, 0.4) is 0 Å². The van der Waals surface area contributed by atoms with Gasteiger partial charge in [0.25, 0.3) is 0 Å². The maximum absolute atomic E-state index is 11.1. The van der Waals surface area contributed by atoms with E-state index < -0.39 is 5.79 Å². The summed E-state index contributed by atoms with van der Waals surface area (Å²) in [6.45, 7) is 2.98. The topological polar surface area (TPSA) is 94.9 Å². The normalized spacial score (nSPS) is 25.8. The van der Waals surface area contributed by atoms with Crippen LogP contribution < -0.4 is 5.73 Å². The van der Waals surface area contributed by atoms with Crippen molar-refractivity contribution in [3.63, 3.8) is 0 Å². The molecule has 1 aliphatic heterocycles. The summed E-state index contributed by atoms with van der Waals surface area (Å²) >= 11 is 0. The van der Waals surface area contributed by atoms with Gasteiger partial charge in [-0.15, -0.1) is 0 Å². The Morgan fingerprint density at radius 2 is 2.12 bits per heavy atom. The quantitative estimate of drug-likeness (QED) is 0.729. The van der Waals surface area contributed by atoms with E-state index in [1.165, 1.54) is 6.33 Å². The molecule has 0 amide bonds. The molecule has 26 heavy (non-hydrogen) atoms. The standard InChI is InChI=1S/C19H22N4O3/c1-13-9-19(24,17-8-7-15-18(20)21-12-22-23(15)17)26-16(13)11-25-10-14-5-3-2-4-6-14/h2-8,12-13,16,24H,9-11H2,1H3,(H2,20,21,22)/t13-,16+,19?/m0/s1. The zero-order valence-corrected chi connectivity index (χ0v) is 14.6. The molecule has 7 heteroatoms. The molecule has 0 saturated carbocycles. The third-order valence-electron chi connectivity index (χ3n) is 4.86. The number of aromatic nitrogens is 3. The number of benzene rings is 1. The number of nitrogens with zero attached hydrogens (tertiary/aromatic N) is 3. The Morgan fingerprint density at radius 1 is 1.31 bits per heavy atom. The Hall–Kier alpha value is -2.48. The highest BCUT2D eigenvalue weighted by Crippen LogP contribution is 2.41. The molecule has 2 aromatic heterocycles. The number of ether oxygens (including phenoxy) is 2. The van der Waals surface area contributed by atoms with Gasteiger partial charge in [0.05, 0.1) is 19.3 Å². The average molecular weight is 354 g/mol. The van der Waals surface area contributed by atoms with Crippen molar-refractivity contribution >= 4 is 11.3 Å². The second-order valence-corrected chi connectivity index (χ2v) is 6.78.